The molecule has 1 aliphatic heterocycles. The number of hydrogen-bond donors (Lipinski definition) is 0. The molecule has 3 aromatic rings. The number of benzene rings is 2. The van der Waals surface area contributed by atoms with Gasteiger partial charge >= 0.3 is 0 Å². The van der Waals surface area contributed by atoms with Gasteiger partial charge in [0.2, 0.25) is 15.9 Å². The van der Waals surface area contributed by atoms with Crippen molar-refractivity contribution in [1.82, 2.24) is 14.3 Å². The van der Waals surface area contributed by atoms with E-state index in [4.69, 9.17) is 9.47 Å². The number of nitrogens with zero attached hydrogens (tertiary/aromatic N) is 4. The quantitative estimate of drug-likeness (QED) is 0.521. The van der Waals surface area contributed by atoms with Crippen molar-refractivity contribution in [2.24, 2.45) is 0 Å². The minimum Gasteiger partial charge on any atom is -0.494 e. The highest BCUT2D eigenvalue weighted by Crippen LogP contribution is 2.26. The van der Waals surface area contributed by atoms with Gasteiger partial charge in [0.25, 0.3) is 0 Å². The van der Waals surface area contributed by atoms with E-state index in [9.17, 15) is 8.42 Å². The van der Waals surface area contributed by atoms with Gasteiger partial charge in [-0.25, -0.2) is 13.4 Å². The Kier molecular flexibility index (Phi) is 6.80. The summed E-state index contributed by atoms with van der Waals surface area (Å²) >= 11 is 0. The lowest BCUT2D eigenvalue weighted by atomic mass is 10.2. The van der Waals surface area contributed by atoms with Gasteiger partial charge in [-0.15, -0.1) is 0 Å². The Morgan fingerprint density at radius 3 is 2.15 bits per heavy atom. The maximum Gasteiger partial charge on any atom is 0.243 e. The Morgan fingerprint density at radius 2 is 1.52 bits per heavy atom. The molecule has 0 unspecified atom stereocenters. The molecular formula is C24H28N4O4S. The summed E-state index contributed by atoms with van der Waals surface area (Å²) in [6.07, 6.45) is 0. The van der Waals surface area contributed by atoms with Gasteiger partial charge in [0.05, 0.1) is 11.5 Å². The average molecular weight is 469 g/mol. The molecule has 174 valence electrons. The smallest absolute Gasteiger partial charge is 0.243 e. The van der Waals surface area contributed by atoms with Gasteiger partial charge in [0, 0.05) is 32.2 Å². The lowest BCUT2D eigenvalue weighted by Crippen LogP contribution is -2.49. The monoisotopic (exact) mass is 468 g/mol. The zero-order chi connectivity index (χ0) is 23.4. The van der Waals surface area contributed by atoms with Gasteiger partial charge in [-0.05, 0) is 57.2 Å². The van der Waals surface area contributed by atoms with Gasteiger partial charge in [-0.3, -0.25) is 0 Å². The number of hydrogen-bond acceptors (Lipinski definition) is 7. The Labute approximate surface area is 194 Å². The third-order valence-electron chi connectivity index (χ3n) is 5.38. The number of aromatic nitrogens is 2. The Balaban J connectivity index is 1.44. The summed E-state index contributed by atoms with van der Waals surface area (Å²) in [5, 5.41) is 0. The van der Waals surface area contributed by atoms with Crippen molar-refractivity contribution in [3.05, 3.63) is 66.0 Å². The fourth-order valence-electron chi connectivity index (χ4n) is 3.65. The molecule has 0 radical (unpaired) electrons. The molecule has 9 heteroatoms. The van der Waals surface area contributed by atoms with E-state index in [1.165, 1.54) is 4.31 Å². The van der Waals surface area contributed by atoms with Gasteiger partial charge in [0.15, 0.2) is 0 Å². The molecule has 0 amide bonds. The van der Waals surface area contributed by atoms with Crippen molar-refractivity contribution in [3.63, 3.8) is 0 Å². The van der Waals surface area contributed by atoms with Crippen LogP contribution in [0.2, 0.25) is 0 Å². The third kappa shape index (κ3) is 5.43. The van der Waals surface area contributed by atoms with Crippen molar-refractivity contribution in [2.75, 3.05) is 37.7 Å². The second kappa shape index (κ2) is 9.76. The highest BCUT2D eigenvalue weighted by molar-refractivity contribution is 7.89. The van der Waals surface area contributed by atoms with Crippen LogP contribution in [-0.2, 0) is 10.0 Å². The Hall–Kier alpha value is -3.17. The highest BCUT2D eigenvalue weighted by Gasteiger charge is 2.29. The van der Waals surface area contributed by atoms with E-state index in [-0.39, 0.29) is 4.90 Å². The summed E-state index contributed by atoms with van der Waals surface area (Å²) in [4.78, 5) is 11.2. The molecule has 0 aliphatic carbocycles. The van der Waals surface area contributed by atoms with E-state index in [0.29, 0.717) is 56.0 Å². The van der Waals surface area contributed by atoms with Gasteiger partial charge in [-0.1, -0.05) is 17.7 Å². The van der Waals surface area contributed by atoms with Crippen molar-refractivity contribution in [1.29, 1.82) is 0 Å². The molecule has 1 aromatic heterocycles. The molecule has 33 heavy (non-hydrogen) atoms. The maximum absolute atomic E-state index is 13.1. The minimum atomic E-state index is -3.57. The summed E-state index contributed by atoms with van der Waals surface area (Å²) in [6.45, 7) is 8.05. The van der Waals surface area contributed by atoms with Crippen molar-refractivity contribution in [2.45, 2.75) is 25.7 Å². The second-order valence-electron chi connectivity index (χ2n) is 7.82. The summed E-state index contributed by atoms with van der Waals surface area (Å²) < 4.78 is 38.9. The molecule has 0 saturated carbocycles. The predicted octanol–water partition coefficient (Wildman–Crippen LogP) is 3.80. The first-order valence-corrected chi connectivity index (χ1v) is 12.4. The molecule has 0 atom stereocenters. The zero-order valence-corrected chi connectivity index (χ0v) is 19.9. The van der Waals surface area contributed by atoms with Gasteiger partial charge in [0.1, 0.15) is 23.1 Å². The van der Waals surface area contributed by atoms with Crippen LogP contribution in [-0.4, -0.2) is 55.5 Å². The number of aryl methyl sites for hydroxylation is 2. The van der Waals surface area contributed by atoms with Gasteiger partial charge in [-0.2, -0.15) is 9.29 Å². The molecular weight excluding hydrogens is 440 g/mol. The molecule has 4 rings (SSSR count). The van der Waals surface area contributed by atoms with Crippen molar-refractivity contribution >= 4 is 15.8 Å². The van der Waals surface area contributed by atoms with E-state index in [1.54, 1.807) is 30.3 Å². The van der Waals surface area contributed by atoms with Crippen LogP contribution in [0.5, 0.6) is 17.4 Å². The van der Waals surface area contributed by atoms with Gasteiger partial charge < -0.3 is 14.4 Å². The first-order valence-electron chi connectivity index (χ1n) is 10.9. The van der Waals surface area contributed by atoms with Crippen LogP contribution in [0.25, 0.3) is 0 Å². The fourth-order valence-corrected chi connectivity index (χ4v) is 5.07. The third-order valence-corrected chi connectivity index (χ3v) is 7.29. The highest BCUT2D eigenvalue weighted by atomic mass is 32.2. The largest absolute Gasteiger partial charge is 0.494 e. The molecule has 1 fully saturated rings. The van der Waals surface area contributed by atoms with E-state index in [2.05, 4.69) is 14.9 Å². The van der Waals surface area contributed by atoms with Crippen LogP contribution < -0.4 is 14.4 Å². The normalized spacial score (nSPS) is 14.8. The lowest BCUT2D eigenvalue weighted by molar-refractivity contribution is 0.340. The van der Waals surface area contributed by atoms with Crippen LogP contribution in [0.4, 0.5) is 5.82 Å². The topological polar surface area (TPSA) is 84.9 Å². The lowest BCUT2D eigenvalue weighted by Gasteiger charge is -2.34. The first-order chi connectivity index (χ1) is 15.8. The number of rotatable bonds is 7. The van der Waals surface area contributed by atoms with Crippen LogP contribution in [0, 0.1) is 13.8 Å². The van der Waals surface area contributed by atoms with Crippen molar-refractivity contribution < 1.29 is 17.9 Å². The zero-order valence-electron chi connectivity index (χ0n) is 19.1. The Bertz CT molecular complexity index is 1190. The summed E-state index contributed by atoms with van der Waals surface area (Å²) in [6, 6.07) is 16.1. The van der Waals surface area contributed by atoms with Crippen LogP contribution in [0.3, 0.4) is 0 Å². The van der Waals surface area contributed by atoms with Crippen molar-refractivity contribution in [3.8, 4) is 17.4 Å². The van der Waals surface area contributed by atoms with E-state index in [1.807, 2.05) is 45.0 Å². The summed E-state index contributed by atoms with van der Waals surface area (Å²) in [5.41, 5.74) is 1.15. The predicted molar refractivity (Wildman–Crippen MR) is 127 cm³/mol. The van der Waals surface area contributed by atoms with E-state index >= 15 is 0 Å². The van der Waals surface area contributed by atoms with Crippen LogP contribution >= 0.6 is 0 Å². The van der Waals surface area contributed by atoms with Crippen LogP contribution in [0.15, 0.2) is 59.5 Å². The molecule has 2 heterocycles. The fraction of sp³-hybridized carbons (Fsp3) is 0.333. The summed E-state index contributed by atoms with van der Waals surface area (Å²) in [7, 11) is -3.57. The number of anilines is 1. The molecule has 2 aromatic carbocycles. The van der Waals surface area contributed by atoms with Crippen LogP contribution in [0.1, 0.15) is 18.3 Å². The molecule has 1 saturated heterocycles. The maximum atomic E-state index is 13.1. The second-order valence-corrected chi connectivity index (χ2v) is 9.76. The summed E-state index contributed by atoms with van der Waals surface area (Å²) in [5.74, 6) is 3.15. The molecule has 0 bridgehead atoms. The molecule has 1 aliphatic rings. The standard InChI is InChI=1S/C24H28N4O4S/c1-4-31-20-9-11-22(12-10-20)33(29,30)28-15-13-27(14-16-28)23-17-24(26-19(3)25-23)32-21-7-5-18(2)6-8-21/h5-12,17H,4,13-16H2,1-3H3. The Morgan fingerprint density at radius 1 is 0.879 bits per heavy atom. The number of piperazine rings is 1. The molecule has 8 nitrogen and oxygen atoms in total. The average Bonchev–Trinajstić information content (AvgIpc) is 2.81. The van der Waals surface area contributed by atoms with E-state index in [0.717, 1.165) is 11.4 Å². The molecule has 0 N–H and O–H groups in total. The molecule has 0 spiro atoms. The number of sulfonamides is 1. The SMILES string of the molecule is CCOc1ccc(S(=O)(=O)N2CCN(c3cc(Oc4ccc(C)cc4)nc(C)n3)CC2)cc1. The first kappa shape index (κ1) is 23.0. The van der Waals surface area contributed by atoms with E-state index < -0.39 is 10.0 Å². The minimum absolute atomic E-state index is 0.270. The number of ether oxygens (including phenoxy) is 2.